The molecule has 0 aliphatic carbocycles. The number of hydrogen-bond acceptors (Lipinski definition) is 5. The quantitative estimate of drug-likeness (QED) is 0.526. The molecular formula is C20H23ClN2O4. The van der Waals surface area contributed by atoms with Crippen LogP contribution in [0.2, 0.25) is 5.02 Å². The molecule has 6 nitrogen and oxygen atoms in total. The van der Waals surface area contributed by atoms with Crippen molar-refractivity contribution in [3.05, 3.63) is 58.6 Å². The number of oxime groups is 1. The van der Waals surface area contributed by atoms with Gasteiger partial charge in [-0.25, -0.2) is 0 Å². The van der Waals surface area contributed by atoms with Crippen molar-refractivity contribution in [2.75, 3.05) is 27.4 Å². The van der Waals surface area contributed by atoms with Crippen molar-refractivity contribution in [3.8, 4) is 11.5 Å². The van der Waals surface area contributed by atoms with E-state index < -0.39 is 0 Å². The Morgan fingerprint density at radius 1 is 1.07 bits per heavy atom. The van der Waals surface area contributed by atoms with E-state index in [4.69, 9.17) is 25.9 Å². The molecule has 0 heterocycles. The molecule has 0 bridgehead atoms. The lowest BCUT2D eigenvalue weighted by Gasteiger charge is -2.11. The fourth-order valence-corrected chi connectivity index (χ4v) is 2.53. The summed E-state index contributed by atoms with van der Waals surface area (Å²) >= 11 is 5.91. The van der Waals surface area contributed by atoms with Crippen molar-refractivity contribution in [2.45, 2.75) is 13.3 Å². The van der Waals surface area contributed by atoms with Crippen LogP contribution >= 0.6 is 11.6 Å². The predicted octanol–water partition coefficient (Wildman–Crippen LogP) is 3.46. The first-order valence-corrected chi connectivity index (χ1v) is 8.91. The smallest absolute Gasteiger partial charge is 0.273 e. The summed E-state index contributed by atoms with van der Waals surface area (Å²) in [6.45, 7) is 2.61. The number of nitrogens with zero attached hydrogens (tertiary/aromatic N) is 1. The van der Waals surface area contributed by atoms with Gasteiger partial charge in [0.2, 0.25) is 0 Å². The number of hydrogen-bond donors (Lipinski definition) is 1. The number of halogens is 1. The van der Waals surface area contributed by atoms with Crippen molar-refractivity contribution in [2.24, 2.45) is 5.16 Å². The predicted molar refractivity (Wildman–Crippen MR) is 106 cm³/mol. The van der Waals surface area contributed by atoms with E-state index in [-0.39, 0.29) is 11.6 Å². The maximum Gasteiger partial charge on any atom is 0.273 e. The van der Waals surface area contributed by atoms with E-state index >= 15 is 0 Å². The van der Waals surface area contributed by atoms with Crippen molar-refractivity contribution in [1.82, 2.24) is 5.32 Å². The number of methoxy groups -OCH3 is 2. The lowest BCUT2D eigenvalue weighted by Crippen LogP contribution is -2.33. The Morgan fingerprint density at radius 3 is 2.41 bits per heavy atom. The van der Waals surface area contributed by atoms with E-state index in [9.17, 15) is 4.79 Å². The zero-order valence-corrected chi connectivity index (χ0v) is 16.4. The minimum Gasteiger partial charge on any atom is -0.493 e. The molecular weight excluding hydrogens is 368 g/mol. The first-order valence-electron chi connectivity index (χ1n) is 8.54. The topological polar surface area (TPSA) is 69.2 Å². The fourth-order valence-electron chi connectivity index (χ4n) is 2.40. The summed E-state index contributed by atoms with van der Waals surface area (Å²) in [6, 6.07) is 12.5. The Bertz CT molecular complexity index is 791. The number of benzene rings is 2. The Morgan fingerprint density at radius 2 is 1.78 bits per heavy atom. The molecule has 0 radical (unpaired) electrons. The lowest BCUT2D eigenvalue weighted by molar-refractivity contribution is -0.114. The summed E-state index contributed by atoms with van der Waals surface area (Å²) in [6.07, 6.45) is 0.634. The number of ether oxygens (including phenoxy) is 2. The number of amides is 1. The van der Waals surface area contributed by atoms with Crippen LogP contribution in [0, 0.1) is 0 Å². The van der Waals surface area contributed by atoms with Gasteiger partial charge >= 0.3 is 0 Å². The molecule has 2 aromatic carbocycles. The van der Waals surface area contributed by atoms with Crippen LogP contribution in [0.1, 0.15) is 18.1 Å². The maximum absolute atomic E-state index is 12.5. The van der Waals surface area contributed by atoms with Gasteiger partial charge in [-0.15, -0.1) is 0 Å². The van der Waals surface area contributed by atoms with Gasteiger partial charge in [0, 0.05) is 17.1 Å². The summed E-state index contributed by atoms with van der Waals surface area (Å²) in [5.74, 6) is 1.01. The molecule has 2 rings (SSSR count). The van der Waals surface area contributed by atoms with Gasteiger partial charge < -0.3 is 19.6 Å². The minimum absolute atomic E-state index is 0.209. The molecule has 0 aromatic heterocycles. The molecule has 1 N–H and O–H groups in total. The molecule has 0 saturated carbocycles. The highest BCUT2D eigenvalue weighted by Crippen LogP contribution is 2.27. The summed E-state index contributed by atoms with van der Waals surface area (Å²) in [7, 11) is 3.18. The summed E-state index contributed by atoms with van der Waals surface area (Å²) in [5.41, 5.74) is 1.86. The van der Waals surface area contributed by atoms with Crippen LogP contribution in [0.15, 0.2) is 47.6 Å². The van der Waals surface area contributed by atoms with Crippen LogP contribution in [0.3, 0.4) is 0 Å². The summed E-state index contributed by atoms with van der Waals surface area (Å²) in [4.78, 5) is 17.6. The molecule has 0 atom stereocenters. The SMILES string of the molecule is CCO/N=C(\C(=O)NCCc1ccc(OC)c(OC)c1)c1ccc(Cl)cc1. The van der Waals surface area contributed by atoms with E-state index in [1.807, 2.05) is 18.2 Å². The van der Waals surface area contributed by atoms with E-state index in [2.05, 4.69) is 10.5 Å². The first kappa shape index (κ1) is 20.6. The number of carbonyl (C=O) groups excluding carboxylic acids is 1. The van der Waals surface area contributed by atoms with Gasteiger partial charge in [0.1, 0.15) is 6.61 Å². The lowest BCUT2D eigenvalue weighted by atomic mass is 10.1. The second-order valence-electron chi connectivity index (χ2n) is 5.56. The molecule has 0 spiro atoms. The van der Waals surface area contributed by atoms with E-state index in [0.29, 0.717) is 41.7 Å². The third-order valence-electron chi connectivity index (χ3n) is 3.76. The first-order chi connectivity index (χ1) is 13.1. The Kier molecular flexibility index (Phi) is 7.95. The molecule has 7 heteroatoms. The van der Waals surface area contributed by atoms with Gasteiger partial charge in [0.15, 0.2) is 17.2 Å². The van der Waals surface area contributed by atoms with E-state index in [1.165, 1.54) is 0 Å². The van der Waals surface area contributed by atoms with Crippen LogP contribution in [-0.2, 0) is 16.1 Å². The molecule has 144 valence electrons. The normalized spacial score (nSPS) is 11.0. The van der Waals surface area contributed by atoms with Crippen LogP contribution in [-0.4, -0.2) is 39.0 Å². The summed E-state index contributed by atoms with van der Waals surface area (Å²) < 4.78 is 10.5. The van der Waals surface area contributed by atoms with Crippen LogP contribution in [0.25, 0.3) is 0 Å². The Balaban J connectivity index is 2.02. The van der Waals surface area contributed by atoms with Crippen molar-refractivity contribution >= 4 is 23.2 Å². The average molecular weight is 391 g/mol. The minimum atomic E-state index is -0.314. The maximum atomic E-state index is 12.5. The number of carbonyl (C=O) groups is 1. The highest BCUT2D eigenvalue weighted by atomic mass is 35.5. The number of rotatable bonds is 9. The van der Waals surface area contributed by atoms with Crippen LogP contribution in [0.4, 0.5) is 0 Å². The highest BCUT2D eigenvalue weighted by Gasteiger charge is 2.15. The molecule has 2 aromatic rings. The molecule has 0 fully saturated rings. The second kappa shape index (κ2) is 10.4. The van der Waals surface area contributed by atoms with Gasteiger partial charge in [-0.1, -0.05) is 35.0 Å². The molecule has 0 saturated heterocycles. The summed E-state index contributed by atoms with van der Waals surface area (Å²) in [5, 5.41) is 7.39. The Labute approximate surface area is 164 Å². The van der Waals surface area contributed by atoms with Gasteiger partial charge in [-0.05, 0) is 43.2 Å². The standard InChI is InChI=1S/C20H23ClN2O4/c1-4-27-23-19(15-6-8-16(21)9-7-15)20(24)22-12-11-14-5-10-17(25-2)18(13-14)26-3/h5-10,13H,4,11-12H2,1-3H3,(H,22,24)/b23-19-. The monoisotopic (exact) mass is 390 g/mol. The number of nitrogens with one attached hydrogen (secondary N) is 1. The van der Waals surface area contributed by atoms with Crippen LogP contribution < -0.4 is 14.8 Å². The highest BCUT2D eigenvalue weighted by molar-refractivity contribution is 6.45. The Hall–Kier alpha value is -2.73. The second-order valence-corrected chi connectivity index (χ2v) is 6.00. The average Bonchev–Trinajstić information content (AvgIpc) is 2.69. The van der Waals surface area contributed by atoms with Crippen molar-refractivity contribution in [1.29, 1.82) is 0 Å². The van der Waals surface area contributed by atoms with Gasteiger partial charge in [-0.3, -0.25) is 4.79 Å². The molecule has 27 heavy (non-hydrogen) atoms. The third-order valence-corrected chi connectivity index (χ3v) is 4.02. The van der Waals surface area contributed by atoms with Gasteiger partial charge in [-0.2, -0.15) is 0 Å². The van der Waals surface area contributed by atoms with E-state index in [1.54, 1.807) is 45.4 Å². The molecule has 0 unspecified atom stereocenters. The van der Waals surface area contributed by atoms with Gasteiger partial charge in [0.25, 0.3) is 5.91 Å². The van der Waals surface area contributed by atoms with Crippen molar-refractivity contribution in [3.63, 3.8) is 0 Å². The fraction of sp³-hybridized carbons (Fsp3) is 0.300. The molecule has 0 aliphatic heterocycles. The van der Waals surface area contributed by atoms with Gasteiger partial charge in [0.05, 0.1) is 14.2 Å². The zero-order valence-electron chi connectivity index (χ0n) is 15.6. The molecule has 1 amide bonds. The zero-order chi connectivity index (χ0) is 19.6. The molecule has 0 aliphatic rings. The third kappa shape index (κ3) is 5.89. The largest absolute Gasteiger partial charge is 0.493 e. The van der Waals surface area contributed by atoms with E-state index in [0.717, 1.165) is 5.56 Å². The van der Waals surface area contributed by atoms with Crippen molar-refractivity contribution < 1.29 is 19.1 Å². The van der Waals surface area contributed by atoms with Crippen LogP contribution in [0.5, 0.6) is 11.5 Å².